The highest BCUT2D eigenvalue weighted by molar-refractivity contribution is 7.16. The Hall–Kier alpha value is -0.310. The lowest BCUT2D eigenvalue weighted by Crippen LogP contribution is -2.18. The van der Waals surface area contributed by atoms with Gasteiger partial charge in [0, 0.05) is 4.88 Å². The third-order valence-corrected chi connectivity index (χ3v) is 3.42. The Bertz CT molecular complexity index is 291. The van der Waals surface area contributed by atoms with E-state index >= 15 is 0 Å². The van der Waals surface area contributed by atoms with Crippen molar-refractivity contribution >= 4 is 22.9 Å². The molecule has 0 radical (unpaired) electrons. The van der Waals surface area contributed by atoms with Gasteiger partial charge in [-0.3, -0.25) is 0 Å². The summed E-state index contributed by atoms with van der Waals surface area (Å²) < 4.78 is 0.717. The zero-order valence-electron chi connectivity index (χ0n) is 7.59. The van der Waals surface area contributed by atoms with Crippen LogP contribution in [0.5, 0.6) is 0 Å². The minimum atomic E-state index is -0.772. The molecule has 1 atom stereocenters. The van der Waals surface area contributed by atoms with Crippen LogP contribution in [0.15, 0.2) is 24.8 Å². The Labute approximate surface area is 87.7 Å². The van der Waals surface area contributed by atoms with Gasteiger partial charge in [0.15, 0.2) is 0 Å². The van der Waals surface area contributed by atoms with Crippen LogP contribution in [0, 0.1) is 0 Å². The van der Waals surface area contributed by atoms with Crippen LogP contribution in [0.2, 0.25) is 4.34 Å². The average molecular weight is 217 g/mol. The molecule has 1 rings (SSSR count). The van der Waals surface area contributed by atoms with Crippen molar-refractivity contribution in [3.8, 4) is 0 Å². The van der Waals surface area contributed by atoms with Crippen LogP contribution in [-0.2, 0) is 5.60 Å². The second-order valence-corrected chi connectivity index (χ2v) is 4.92. The molecule has 0 amide bonds. The van der Waals surface area contributed by atoms with Gasteiger partial charge >= 0.3 is 0 Å². The van der Waals surface area contributed by atoms with Crippen LogP contribution < -0.4 is 0 Å². The number of thiophene rings is 1. The molecule has 1 N–H and O–H groups in total. The zero-order valence-corrected chi connectivity index (χ0v) is 9.16. The number of halogens is 1. The Morgan fingerprint density at radius 1 is 1.69 bits per heavy atom. The summed E-state index contributed by atoms with van der Waals surface area (Å²) in [4.78, 5) is 0.916. The van der Waals surface area contributed by atoms with Crippen molar-refractivity contribution in [2.45, 2.75) is 25.4 Å². The van der Waals surface area contributed by atoms with Gasteiger partial charge in [-0.2, -0.15) is 0 Å². The zero-order chi connectivity index (χ0) is 9.90. The van der Waals surface area contributed by atoms with Gasteiger partial charge in [-0.05, 0) is 31.9 Å². The molecule has 1 unspecified atom stereocenters. The molecule has 1 heterocycles. The molecular weight excluding hydrogens is 204 g/mol. The molecule has 0 aliphatic heterocycles. The molecular formula is C10H13ClOS. The van der Waals surface area contributed by atoms with Crippen LogP contribution >= 0.6 is 22.9 Å². The first kappa shape index (κ1) is 10.8. The van der Waals surface area contributed by atoms with Crippen LogP contribution in [-0.4, -0.2) is 5.11 Å². The molecule has 0 fully saturated rings. The monoisotopic (exact) mass is 216 g/mol. The highest BCUT2D eigenvalue weighted by atomic mass is 35.5. The molecule has 0 aromatic carbocycles. The number of allylic oxidation sites excluding steroid dienone is 1. The summed E-state index contributed by atoms with van der Waals surface area (Å²) in [5, 5.41) is 10.0. The maximum Gasteiger partial charge on any atom is 0.0963 e. The third kappa shape index (κ3) is 2.83. The third-order valence-electron chi connectivity index (χ3n) is 1.94. The normalized spacial score (nSPS) is 15.3. The molecule has 0 spiro atoms. The van der Waals surface area contributed by atoms with Crippen LogP contribution in [0.25, 0.3) is 0 Å². The molecule has 72 valence electrons. The van der Waals surface area contributed by atoms with Gasteiger partial charge in [0.2, 0.25) is 0 Å². The van der Waals surface area contributed by atoms with Gasteiger partial charge in [-0.15, -0.1) is 17.9 Å². The summed E-state index contributed by atoms with van der Waals surface area (Å²) in [5.41, 5.74) is -0.772. The largest absolute Gasteiger partial charge is 0.385 e. The Morgan fingerprint density at radius 3 is 2.85 bits per heavy atom. The van der Waals surface area contributed by atoms with Crippen molar-refractivity contribution in [3.05, 3.63) is 34.0 Å². The molecule has 3 heteroatoms. The highest BCUT2D eigenvalue weighted by Gasteiger charge is 2.23. The van der Waals surface area contributed by atoms with E-state index in [1.54, 1.807) is 6.92 Å². The summed E-state index contributed by atoms with van der Waals surface area (Å²) in [6.07, 6.45) is 3.31. The fourth-order valence-corrected chi connectivity index (χ4v) is 2.23. The fourth-order valence-electron chi connectivity index (χ4n) is 1.11. The average Bonchev–Trinajstić information content (AvgIpc) is 2.49. The smallest absolute Gasteiger partial charge is 0.0963 e. The van der Waals surface area contributed by atoms with Crippen molar-refractivity contribution in [1.82, 2.24) is 0 Å². The minimum absolute atomic E-state index is 0.688. The van der Waals surface area contributed by atoms with Crippen LogP contribution in [0.3, 0.4) is 0 Å². The predicted molar refractivity (Wildman–Crippen MR) is 58.3 cm³/mol. The number of hydrogen-bond acceptors (Lipinski definition) is 2. The summed E-state index contributed by atoms with van der Waals surface area (Å²) in [6, 6.07) is 3.68. The summed E-state index contributed by atoms with van der Waals surface area (Å²) in [6.45, 7) is 5.43. The van der Waals surface area contributed by atoms with Gasteiger partial charge in [0.25, 0.3) is 0 Å². The van der Waals surface area contributed by atoms with Gasteiger partial charge < -0.3 is 5.11 Å². The van der Waals surface area contributed by atoms with E-state index in [4.69, 9.17) is 11.6 Å². The van der Waals surface area contributed by atoms with Crippen molar-refractivity contribution in [1.29, 1.82) is 0 Å². The van der Waals surface area contributed by atoms with Gasteiger partial charge in [-0.1, -0.05) is 17.7 Å². The van der Waals surface area contributed by atoms with Crippen molar-refractivity contribution in [2.75, 3.05) is 0 Å². The van der Waals surface area contributed by atoms with E-state index in [2.05, 4.69) is 6.58 Å². The molecule has 1 aromatic heterocycles. The molecule has 0 saturated carbocycles. The minimum Gasteiger partial charge on any atom is -0.385 e. The van der Waals surface area contributed by atoms with E-state index in [1.807, 2.05) is 18.2 Å². The van der Waals surface area contributed by atoms with Gasteiger partial charge in [0.05, 0.1) is 9.94 Å². The van der Waals surface area contributed by atoms with Gasteiger partial charge in [0.1, 0.15) is 0 Å². The summed E-state index contributed by atoms with van der Waals surface area (Å²) >= 11 is 7.21. The first-order chi connectivity index (χ1) is 6.06. The second kappa shape index (κ2) is 4.27. The van der Waals surface area contributed by atoms with Crippen molar-refractivity contribution in [2.24, 2.45) is 0 Å². The molecule has 1 aromatic rings. The van der Waals surface area contributed by atoms with E-state index in [0.717, 1.165) is 11.3 Å². The van der Waals surface area contributed by atoms with Gasteiger partial charge in [-0.25, -0.2) is 0 Å². The lowest BCUT2D eigenvalue weighted by atomic mass is 9.98. The Morgan fingerprint density at radius 2 is 2.38 bits per heavy atom. The fraction of sp³-hybridized carbons (Fsp3) is 0.400. The molecule has 1 nitrogen and oxygen atoms in total. The summed E-state index contributed by atoms with van der Waals surface area (Å²) in [5.74, 6) is 0. The molecule has 13 heavy (non-hydrogen) atoms. The lowest BCUT2D eigenvalue weighted by Gasteiger charge is -2.20. The first-order valence-corrected chi connectivity index (χ1v) is 5.35. The summed E-state index contributed by atoms with van der Waals surface area (Å²) in [7, 11) is 0. The van der Waals surface area contributed by atoms with Crippen LogP contribution in [0.1, 0.15) is 24.6 Å². The highest BCUT2D eigenvalue weighted by Crippen LogP contribution is 2.33. The number of rotatable bonds is 4. The molecule has 0 aliphatic rings. The first-order valence-electron chi connectivity index (χ1n) is 4.15. The van der Waals surface area contributed by atoms with E-state index in [0.29, 0.717) is 10.8 Å². The number of hydrogen-bond donors (Lipinski definition) is 1. The molecule has 0 aliphatic carbocycles. The van der Waals surface area contributed by atoms with Crippen molar-refractivity contribution < 1.29 is 5.11 Å². The molecule has 0 bridgehead atoms. The maximum atomic E-state index is 10.0. The Kier molecular flexibility index (Phi) is 3.54. The maximum absolute atomic E-state index is 10.0. The standard InChI is InChI=1S/C10H13ClOS/c1-3-4-7-10(2,12)8-5-6-9(11)13-8/h3,5-6,12H,1,4,7H2,2H3. The Balaban J connectivity index is 2.74. The van der Waals surface area contributed by atoms with Crippen LogP contribution in [0.4, 0.5) is 0 Å². The topological polar surface area (TPSA) is 20.2 Å². The molecule has 0 saturated heterocycles. The van der Waals surface area contributed by atoms with E-state index in [1.165, 1.54) is 11.3 Å². The second-order valence-electron chi connectivity index (χ2n) is 3.20. The van der Waals surface area contributed by atoms with E-state index < -0.39 is 5.60 Å². The van der Waals surface area contributed by atoms with Crippen molar-refractivity contribution in [3.63, 3.8) is 0 Å². The van der Waals surface area contributed by atoms with E-state index in [9.17, 15) is 5.11 Å². The number of aliphatic hydroxyl groups is 1. The quantitative estimate of drug-likeness (QED) is 0.763. The van der Waals surface area contributed by atoms with E-state index in [-0.39, 0.29) is 0 Å². The predicted octanol–water partition coefficient (Wildman–Crippen LogP) is 3.58. The lowest BCUT2D eigenvalue weighted by molar-refractivity contribution is 0.0526. The SMILES string of the molecule is C=CCCC(C)(O)c1ccc(Cl)s1.